The predicted octanol–water partition coefficient (Wildman–Crippen LogP) is -0.690. The minimum atomic E-state index is -0.149. The maximum atomic E-state index is 11.2. The Hall–Kier alpha value is -1.40. The quantitative estimate of drug-likeness (QED) is 0.544. The lowest BCUT2D eigenvalue weighted by Crippen LogP contribution is -2.28. The lowest BCUT2D eigenvalue weighted by Gasteiger charge is -2.04. The zero-order valence-corrected chi connectivity index (χ0v) is 8.75. The van der Waals surface area contributed by atoms with Gasteiger partial charge in [0.25, 0.3) is 0 Å². The number of nitrogens with one attached hydrogen (secondary N) is 2. The molecule has 6 nitrogen and oxygen atoms in total. The summed E-state index contributed by atoms with van der Waals surface area (Å²) in [5.74, 6) is -0.149. The van der Waals surface area contributed by atoms with Gasteiger partial charge >= 0.3 is 0 Å². The van der Waals surface area contributed by atoms with Crippen molar-refractivity contribution in [2.75, 3.05) is 19.8 Å². The van der Waals surface area contributed by atoms with E-state index in [9.17, 15) is 4.79 Å². The van der Waals surface area contributed by atoms with Crippen molar-refractivity contribution in [3.8, 4) is 0 Å². The van der Waals surface area contributed by atoms with Crippen LogP contribution in [-0.4, -0.2) is 35.9 Å². The Morgan fingerprint density at radius 3 is 3.13 bits per heavy atom. The highest BCUT2D eigenvalue weighted by Crippen LogP contribution is 2.00. The van der Waals surface area contributed by atoms with E-state index in [0.29, 0.717) is 19.7 Å². The lowest BCUT2D eigenvalue weighted by atomic mass is 10.2. The summed E-state index contributed by atoms with van der Waals surface area (Å²) in [5.41, 5.74) is 7.15. The van der Waals surface area contributed by atoms with E-state index in [1.54, 1.807) is 6.20 Å². The van der Waals surface area contributed by atoms with E-state index in [0.717, 1.165) is 11.3 Å². The normalized spacial score (nSPS) is 10.3. The molecule has 15 heavy (non-hydrogen) atoms. The number of rotatable bonds is 6. The average molecular weight is 212 g/mol. The third-order valence-corrected chi connectivity index (χ3v) is 1.91. The van der Waals surface area contributed by atoms with Gasteiger partial charge in [-0.2, -0.15) is 5.10 Å². The number of carbonyl (C=O) groups is 1. The van der Waals surface area contributed by atoms with Crippen LogP contribution in [0.5, 0.6) is 0 Å². The Labute approximate surface area is 88.2 Å². The molecule has 0 aromatic carbocycles. The molecule has 1 aromatic heterocycles. The number of hydrogen-bond acceptors (Lipinski definition) is 4. The van der Waals surface area contributed by atoms with Crippen LogP contribution in [0.3, 0.4) is 0 Å². The van der Waals surface area contributed by atoms with Crippen LogP contribution in [-0.2, 0) is 16.1 Å². The fourth-order valence-electron chi connectivity index (χ4n) is 1.05. The summed E-state index contributed by atoms with van der Waals surface area (Å²) in [6, 6.07) is 0. The monoisotopic (exact) mass is 212 g/mol. The first-order valence-electron chi connectivity index (χ1n) is 4.77. The Bertz CT molecular complexity index is 311. The molecular weight excluding hydrogens is 196 g/mol. The first kappa shape index (κ1) is 11.7. The Kier molecular flexibility index (Phi) is 4.79. The topological polar surface area (TPSA) is 93.0 Å². The van der Waals surface area contributed by atoms with Gasteiger partial charge in [-0.3, -0.25) is 9.89 Å². The highest BCUT2D eigenvalue weighted by atomic mass is 16.5. The molecule has 0 saturated heterocycles. The number of aryl methyl sites for hydroxylation is 1. The molecule has 0 radical (unpaired) electrons. The van der Waals surface area contributed by atoms with Crippen LogP contribution >= 0.6 is 0 Å². The van der Waals surface area contributed by atoms with E-state index < -0.39 is 0 Å². The first-order valence-corrected chi connectivity index (χ1v) is 4.77. The summed E-state index contributed by atoms with van der Waals surface area (Å²) in [6.45, 7) is 3.24. The largest absolute Gasteiger partial charge is 0.370 e. The maximum absolute atomic E-state index is 11.2. The third-order valence-electron chi connectivity index (χ3n) is 1.91. The van der Waals surface area contributed by atoms with Gasteiger partial charge in [0.15, 0.2) is 0 Å². The SMILES string of the molecule is Cc1[nH]ncc1CNC(=O)COCCN. The number of amides is 1. The Morgan fingerprint density at radius 2 is 2.53 bits per heavy atom. The third kappa shape index (κ3) is 4.09. The molecule has 4 N–H and O–H groups in total. The summed E-state index contributed by atoms with van der Waals surface area (Å²) >= 11 is 0. The molecule has 0 saturated carbocycles. The second-order valence-corrected chi connectivity index (χ2v) is 3.14. The van der Waals surface area contributed by atoms with E-state index in [-0.39, 0.29) is 12.5 Å². The van der Waals surface area contributed by atoms with Crippen molar-refractivity contribution in [1.29, 1.82) is 0 Å². The molecule has 1 rings (SSSR count). The summed E-state index contributed by atoms with van der Waals surface area (Å²) in [7, 11) is 0. The van der Waals surface area contributed by atoms with E-state index >= 15 is 0 Å². The van der Waals surface area contributed by atoms with Crippen molar-refractivity contribution in [3.05, 3.63) is 17.5 Å². The number of carbonyl (C=O) groups excluding carboxylic acids is 1. The molecule has 0 bridgehead atoms. The highest BCUT2D eigenvalue weighted by molar-refractivity contribution is 5.77. The van der Waals surface area contributed by atoms with Crippen molar-refractivity contribution >= 4 is 5.91 Å². The minimum Gasteiger partial charge on any atom is -0.370 e. The summed E-state index contributed by atoms with van der Waals surface area (Å²) in [4.78, 5) is 11.2. The Balaban J connectivity index is 2.20. The van der Waals surface area contributed by atoms with Crippen molar-refractivity contribution < 1.29 is 9.53 Å². The predicted molar refractivity (Wildman–Crippen MR) is 55.0 cm³/mol. The van der Waals surface area contributed by atoms with Crippen LogP contribution in [0.2, 0.25) is 0 Å². The summed E-state index contributed by atoms with van der Waals surface area (Å²) in [6.07, 6.45) is 1.69. The van der Waals surface area contributed by atoms with Crippen LogP contribution in [0.25, 0.3) is 0 Å². The minimum absolute atomic E-state index is 0.0497. The van der Waals surface area contributed by atoms with E-state index in [4.69, 9.17) is 10.5 Å². The number of H-pyrrole nitrogens is 1. The zero-order chi connectivity index (χ0) is 11.1. The average Bonchev–Trinajstić information content (AvgIpc) is 2.61. The van der Waals surface area contributed by atoms with Crippen LogP contribution in [0.4, 0.5) is 0 Å². The lowest BCUT2D eigenvalue weighted by molar-refractivity contribution is -0.125. The number of ether oxygens (including phenoxy) is 1. The molecule has 0 atom stereocenters. The van der Waals surface area contributed by atoms with Gasteiger partial charge in [-0.05, 0) is 6.92 Å². The van der Waals surface area contributed by atoms with Gasteiger partial charge in [0, 0.05) is 24.3 Å². The number of aromatic amines is 1. The molecule has 0 spiro atoms. The molecule has 0 aliphatic carbocycles. The zero-order valence-electron chi connectivity index (χ0n) is 8.75. The van der Waals surface area contributed by atoms with Gasteiger partial charge in [-0.25, -0.2) is 0 Å². The molecule has 6 heteroatoms. The molecule has 1 amide bonds. The fourth-order valence-corrected chi connectivity index (χ4v) is 1.05. The smallest absolute Gasteiger partial charge is 0.246 e. The second kappa shape index (κ2) is 6.15. The maximum Gasteiger partial charge on any atom is 0.246 e. The van der Waals surface area contributed by atoms with E-state index in [1.165, 1.54) is 0 Å². The van der Waals surface area contributed by atoms with E-state index in [2.05, 4.69) is 15.5 Å². The molecule has 0 aliphatic rings. The number of nitrogens with zero attached hydrogens (tertiary/aromatic N) is 1. The van der Waals surface area contributed by atoms with Crippen molar-refractivity contribution in [3.63, 3.8) is 0 Å². The molecule has 84 valence electrons. The highest BCUT2D eigenvalue weighted by Gasteiger charge is 2.03. The van der Waals surface area contributed by atoms with Crippen LogP contribution < -0.4 is 11.1 Å². The van der Waals surface area contributed by atoms with Gasteiger partial charge in [0.1, 0.15) is 6.61 Å². The van der Waals surface area contributed by atoms with Crippen LogP contribution in [0.1, 0.15) is 11.3 Å². The summed E-state index contributed by atoms with van der Waals surface area (Å²) < 4.78 is 4.98. The van der Waals surface area contributed by atoms with Gasteiger partial charge in [0.05, 0.1) is 12.8 Å². The summed E-state index contributed by atoms with van der Waals surface area (Å²) in [5, 5.41) is 9.37. The van der Waals surface area contributed by atoms with Crippen molar-refractivity contribution in [1.82, 2.24) is 15.5 Å². The van der Waals surface area contributed by atoms with Crippen molar-refractivity contribution in [2.45, 2.75) is 13.5 Å². The number of nitrogens with two attached hydrogens (primary N) is 1. The molecule has 1 aromatic rings. The Morgan fingerprint density at radius 1 is 1.73 bits per heavy atom. The second-order valence-electron chi connectivity index (χ2n) is 3.14. The molecule has 1 heterocycles. The molecular formula is C9H16N4O2. The van der Waals surface area contributed by atoms with Gasteiger partial charge in [-0.1, -0.05) is 0 Å². The van der Waals surface area contributed by atoms with Crippen LogP contribution in [0.15, 0.2) is 6.20 Å². The molecule has 0 unspecified atom stereocenters. The standard InChI is InChI=1S/C9H16N4O2/c1-7-8(5-12-13-7)4-11-9(14)6-15-3-2-10/h5H,2-4,6,10H2,1H3,(H,11,14)(H,12,13). The van der Waals surface area contributed by atoms with Crippen molar-refractivity contribution in [2.24, 2.45) is 5.73 Å². The van der Waals surface area contributed by atoms with E-state index in [1.807, 2.05) is 6.92 Å². The first-order chi connectivity index (χ1) is 7.24. The van der Waals surface area contributed by atoms with Gasteiger partial charge < -0.3 is 15.8 Å². The molecule has 0 aliphatic heterocycles. The van der Waals surface area contributed by atoms with Gasteiger partial charge in [0.2, 0.25) is 5.91 Å². The van der Waals surface area contributed by atoms with Crippen LogP contribution in [0, 0.1) is 6.92 Å². The van der Waals surface area contributed by atoms with Gasteiger partial charge in [-0.15, -0.1) is 0 Å². The molecule has 0 fully saturated rings. The fraction of sp³-hybridized carbons (Fsp3) is 0.556. The number of hydrogen-bond donors (Lipinski definition) is 3. The number of aromatic nitrogens is 2.